The van der Waals surface area contributed by atoms with Crippen LogP contribution in [0.15, 0.2) is 53.7 Å². The van der Waals surface area contributed by atoms with Gasteiger partial charge in [-0.05, 0) is 42.0 Å². The molecule has 3 nitrogen and oxygen atoms in total. The molecule has 3 rings (SSSR count). The van der Waals surface area contributed by atoms with Gasteiger partial charge in [-0.1, -0.05) is 37.3 Å². The van der Waals surface area contributed by atoms with Crippen molar-refractivity contribution in [2.24, 2.45) is 5.92 Å². The van der Waals surface area contributed by atoms with Crippen molar-refractivity contribution in [1.82, 2.24) is 9.29 Å². The molecule has 1 aromatic carbocycles. The van der Waals surface area contributed by atoms with E-state index < -0.39 is 11.0 Å². The van der Waals surface area contributed by atoms with Crippen molar-refractivity contribution in [3.8, 4) is 11.1 Å². The van der Waals surface area contributed by atoms with Gasteiger partial charge in [0.25, 0.3) is 0 Å². The van der Waals surface area contributed by atoms with E-state index in [4.69, 9.17) is 0 Å². The minimum Gasteiger partial charge on any atom is -0.246 e. The summed E-state index contributed by atoms with van der Waals surface area (Å²) in [6.07, 6.45) is 3.98. The summed E-state index contributed by atoms with van der Waals surface area (Å²) in [5.41, 5.74) is 2.20. The summed E-state index contributed by atoms with van der Waals surface area (Å²) in [6.45, 7) is 4.05. The van der Waals surface area contributed by atoms with Crippen LogP contribution in [0.5, 0.6) is 0 Å². The van der Waals surface area contributed by atoms with Gasteiger partial charge < -0.3 is 0 Å². The fourth-order valence-electron chi connectivity index (χ4n) is 2.60. The molecule has 110 valence electrons. The van der Waals surface area contributed by atoms with E-state index in [0.29, 0.717) is 5.03 Å². The zero-order chi connectivity index (χ0) is 14.7. The van der Waals surface area contributed by atoms with Gasteiger partial charge >= 0.3 is 0 Å². The number of benzene rings is 1. The molecule has 0 radical (unpaired) electrons. The molecule has 0 amide bonds. The van der Waals surface area contributed by atoms with Crippen molar-refractivity contribution in [1.29, 1.82) is 0 Å². The molecule has 0 aliphatic carbocycles. The molecule has 1 aliphatic heterocycles. The Kier molecular flexibility index (Phi) is 4.46. The molecule has 0 saturated carbocycles. The van der Waals surface area contributed by atoms with Crippen LogP contribution in [0, 0.1) is 5.92 Å². The number of aromatic nitrogens is 1. The van der Waals surface area contributed by atoms with E-state index in [1.165, 1.54) is 0 Å². The number of nitrogens with zero attached hydrogens (tertiary/aromatic N) is 2. The van der Waals surface area contributed by atoms with Gasteiger partial charge in [-0.2, -0.15) is 0 Å². The van der Waals surface area contributed by atoms with Crippen molar-refractivity contribution in [3.05, 3.63) is 48.7 Å². The molecule has 0 N–H and O–H groups in total. The van der Waals surface area contributed by atoms with Crippen LogP contribution in [-0.4, -0.2) is 26.6 Å². The molecule has 4 heteroatoms. The molecule has 1 aliphatic rings. The monoisotopic (exact) mass is 300 g/mol. The van der Waals surface area contributed by atoms with Crippen LogP contribution in [0.25, 0.3) is 11.1 Å². The predicted molar refractivity (Wildman–Crippen MR) is 86.1 cm³/mol. The Morgan fingerprint density at radius 3 is 2.52 bits per heavy atom. The Morgan fingerprint density at radius 1 is 1.10 bits per heavy atom. The predicted octanol–water partition coefficient (Wildman–Crippen LogP) is 3.50. The van der Waals surface area contributed by atoms with Gasteiger partial charge in [-0.25, -0.2) is 13.5 Å². The van der Waals surface area contributed by atoms with E-state index in [9.17, 15) is 4.21 Å². The van der Waals surface area contributed by atoms with Crippen LogP contribution in [0.1, 0.15) is 19.8 Å². The summed E-state index contributed by atoms with van der Waals surface area (Å²) in [4.78, 5) is 4.32. The van der Waals surface area contributed by atoms with Crippen LogP contribution in [-0.2, 0) is 11.0 Å². The second kappa shape index (κ2) is 6.50. The average Bonchev–Trinajstić information content (AvgIpc) is 2.56. The topological polar surface area (TPSA) is 33.2 Å². The summed E-state index contributed by atoms with van der Waals surface area (Å²) in [5, 5.41) is 0.658. The molecule has 2 heterocycles. The van der Waals surface area contributed by atoms with Crippen molar-refractivity contribution < 1.29 is 4.21 Å². The Bertz CT molecular complexity index is 622. The zero-order valence-electron chi connectivity index (χ0n) is 12.2. The normalized spacial score (nSPS) is 18.5. The first kappa shape index (κ1) is 14.4. The maximum atomic E-state index is 12.7. The molecular weight excluding hydrogens is 280 g/mol. The molecule has 1 aromatic heterocycles. The quantitative estimate of drug-likeness (QED) is 0.869. The summed E-state index contributed by atoms with van der Waals surface area (Å²) in [6, 6.07) is 14.1. The highest BCUT2D eigenvalue weighted by molar-refractivity contribution is 7.82. The lowest BCUT2D eigenvalue weighted by Crippen LogP contribution is -2.34. The number of hydrogen-bond donors (Lipinski definition) is 0. The molecule has 1 fully saturated rings. The minimum absolute atomic E-state index is 0.658. The lowest BCUT2D eigenvalue weighted by Gasteiger charge is -2.28. The Morgan fingerprint density at radius 2 is 1.81 bits per heavy atom. The van der Waals surface area contributed by atoms with Crippen LogP contribution in [0.2, 0.25) is 0 Å². The molecular formula is C17H20N2OS. The van der Waals surface area contributed by atoms with E-state index in [2.05, 4.69) is 24.0 Å². The number of pyridine rings is 1. The van der Waals surface area contributed by atoms with E-state index in [1.54, 1.807) is 6.20 Å². The summed E-state index contributed by atoms with van der Waals surface area (Å²) in [7, 11) is -1.15. The molecule has 1 atom stereocenters. The van der Waals surface area contributed by atoms with Gasteiger partial charge in [0.1, 0.15) is 16.0 Å². The molecule has 0 spiro atoms. The third kappa shape index (κ3) is 3.39. The fourth-order valence-corrected chi connectivity index (χ4v) is 3.78. The molecule has 21 heavy (non-hydrogen) atoms. The van der Waals surface area contributed by atoms with Crippen molar-refractivity contribution >= 4 is 11.0 Å². The van der Waals surface area contributed by atoms with Crippen LogP contribution >= 0.6 is 0 Å². The van der Waals surface area contributed by atoms with E-state index in [0.717, 1.165) is 43.0 Å². The van der Waals surface area contributed by atoms with E-state index in [-0.39, 0.29) is 0 Å². The van der Waals surface area contributed by atoms with Crippen LogP contribution in [0.4, 0.5) is 0 Å². The number of piperidine rings is 1. The smallest absolute Gasteiger partial charge is 0.146 e. The maximum Gasteiger partial charge on any atom is 0.146 e. The maximum absolute atomic E-state index is 12.7. The second-order valence-corrected chi connectivity index (χ2v) is 7.04. The first-order valence-electron chi connectivity index (χ1n) is 7.42. The highest BCUT2D eigenvalue weighted by Crippen LogP contribution is 2.23. The Hall–Kier alpha value is -1.52. The van der Waals surface area contributed by atoms with E-state index >= 15 is 0 Å². The molecule has 1 saturated heterocycles. The Balaban J connectivity index is 1.81. The van der Waals surface area contributed by atoms with Gasteiger partial charge in [-0.3, -0.25) is 0 Å². The van der Waals surface area contributed by atoms with Gasteiger partial charge in [0.05, 0.1) is 0 Å². The highest BCUT2D eigenvalue weighted by atomic mass is 32.2. The van der Waals surface area contributed by atoms with Gasteiger partial charge in [0.2, 0.25) is 0 Å². The third-order valence-electron chi connectivity index (χ3n) is 4.00. The third-order valence-corrected chi connectivity index (χ3v) is 5.41. The Labute approximate surface area is 128 Å². The summed E-state index contributed by atoms with van der Waals surface area (Å²) in [5.74, 6) is 0.738. The van der Waals surface area contributed by atoms with Crippen molar-refractivity contribution in [2.75, 3.05) is 13.1 Å². The van der Waals surface area contributed by atoms with Crippen LogP contribution in [0.3, 0.4) is 0 Å². The van der Waals surface area contributed by atoms with Crippen molar-refractivity contribution in [3.63, 3.8) is 0 Å². The summed E-state index contributed by atoms with van der Waals surface area (Å²) < 4.78 is 14.7. The van der Waals surface area contributed by atoms with Gasteiger partial charge in [0, 0.05) is 19.3 Å². The lowest BCUT2D eigenvalue weighted by molar-refractivity contribution is 0.298. The first-order valence-corrected chi connectivity index (χ1v) is 8.53. The van der Waals surface area contributed by atoms with E-state index in [1.807, 2.05) is 34.6 Å². The SMILES string of the molecule is CC1CCN(S(=O)c2cc(-c3ccccc3)ccn2)CC1. The highest BCUT2D eigenvalue weighted by Gasteiger charge is 2.22. The number of hydrogen-bond acceptors (Lipinski definition) is 2. The summed E-state index contributed by atoms with van der Waals surface area (Å²) >= 11 is 0. The standard InChI is InChI=1S/C17H20N2OS/c1-14-8-11-19(12-9-14)21(20)17-13-16(7-10-18-17)15-5-3-2-4-6-15/h2-7,10,13-14H,8-9,11-12H2,1H3. The largest absolute Gasteiger partial charge is 0.246 e. The van der Waals surface area contributed by atoms with Crippen LogP contribution < -0.4 is 0 Å². The molecule has 1 unspecified atom stereocenters. The lowest BCUT2D eigenvalue weighted by atomic mass is 10.0. The number of rotatable bonds is 3. The molecule has 2 aromatic rings. The molecule has 0 bridgehead atoms. The fraction of sp³-hybridized carbons (Fsp3) is 0.353. The zero-order valence-corrected chi connectivity index (χ0v) is 13.1. The first-order chi connectivity index (χ1) is 10.2. The van der Waals surface area contributed by atoms with Gasteiger partial charge in [-0.15, -0.1) is 0 Å². The minimum atomic E-state index is -1.15. The van der Waals surface area contributed by atoms with Gasteiger partial charge in [0.15, 0.2) is 0 Å². The van der Waals surface area contributed by atoms with Crippen molar-refractivity contribution in [2.45, 2.75) is 24.8 Å². The second-order valence-electron chi connectivity index (χ2n) is 5.61. The average molecular weight is 300 g/mol.